The van der Waals surface area contributed by atoms with E-state index in [0.717, 1.165) is 25.7 Å². The molecule has 1 rings (SSSR count). The molecule has 0 spiro atoms. The van der Waals surface area contributed by atoms with Crippen LogP contribution in [0.4, 0.5) is 0 Å². The fourth-order valence-electron chi connectivity index (χ4n) is 1.59. The maximum absolute atomic E-state index is 11.4. The molecule has 0 radical (unpaired) electrons. The molecule has 4 nitrogen and oxygen atoms in total. The van der Waals surface area contributed by atoms with Gasteiger partial charge in [-0.25, -0.2) is 4.72 Å². The molecule has 0 atom stereocenters. The Morgan fingerprint density at radius 2 is 1.46 bits per heavy atom. The van der Waals surface area contributed by atoms with Crippen molar-refractivity contribution in [2.75, 3.05) is 20.1 Å². The van der Waals surface area contributed by atoms with Crippen molar-refractivity contribution in [1.29, 1.82) is 0 Å². The highest BCUT2D eigenvalue weighted by Crippen LogP contribution is 2.12. The van der Waals surface area contributed by atoms with E-state index in [1.807, 2.05) is 0 Å². The van der Waals surface area contributed by atoms with Crippen molar-refractivity contribution in [3.63, 3.8) is 0 Å². The zero-order valence-corrected chi connectivity index (χ0v) is 8.94. The normalized spacial score (nSPS) is 22.2. The fourth-order valence-corrected chi connectivity index (χ4v) is 2.59. The Balaban J connectivity index is 2.56. The summed E-state index contributed by atoms with van der Waals surface area (Å²) in [7, 11) is -1.71. The smallest absolute Gasteiger partial charge is 0.205 e. The standard InChI is InChI=1S/C8H18N2O2S/c1-9-13(11,12)10-7-5-3-2-4-6-8-10/h9H,2-8H2,1H3. The lowest BCUT2D eigenvalue weighted by Gasteiger charge is -2.23. The first-order valence-corrected chi connectivity index (χ1v) is 6.29. The van der Waals surface area contributed by atoms with E-state index in [2.05, 4.69) is 4.72 Å². The molecule has 0 aromatic carbocycles. The third-order valence-corrected chi connectivity index (χ3v) is 3.97. The molecule has 1 aliphatic heterocycles. The quantitative estimate of drug-likeness (QED) is 0.723. The molecule has 0 aromatic rings. The number of nitrogens with zero attached hydrogens (tertiary/aromatic N) is 1. The molecule has 1 aliphatic rings. The SMILES string of the molecule is CNS(=O)(=O)N1CCCCCCC1. The summed E-state index contributed by atoms with van der Waals surface area (Å²) in [4.78, 5) is 0. The van der Waals surface area contributed by atoms with Gasteiger partial charge in [0.25, 0.3) is 10.2 Å². The van der Waals surface area contributed by atoms with Gasteiger partial charge < -0.3 is 0 Å². The summed E-state index contributed by atoms with van der Waals surface area (Å²) >= 11 is 0. The zero-order valence-electron chi connectivity index (χ0n) is 8.12. The molecule has 0 unspecified atom stereocenters. The maximum Gasteiger partial charge on any atom is 0.279 e. The van der Waals surface area contributed by atoms with Crippen LogP contribution in [0.3, 0.4) is 0 Å². The van der Waals surface area contributed by atoms with Gasteiger partial charge in [-0.3, -0.25) is 0 Å². The average molecular weight is 206 g/mol. The van der Waals surface area contributed by atoms with Crippen molar-refractivity contribution in [3.05, 3.63) is 0 Å². The van der Waals surface area contributed by atoms with E-state index in [1.165, 1.54) is 13.5 Å². The Morgan fingerprint density at radius 3 is 1.92 bits per heavy atom. The molecule has 0 aromatic heterocycles. The molecule has 0 bridgehead atoms. The van der Waals surface area contributed by atoms with Crippen LogP contribution in [0.5, 0.6) is 0 Å². The van der Waals surface area contributed by atoms with Crippen molar-refractivity contribution >= 4 is 10.2 Å². The van der Waals surface area contributed by atoms with E-state index in [9.17, 15) is 8.42 Å². The summed E-state index contributed by atoms with van der Waals surface area (Å²) in [5.41, 5.74) is 0. The van der Waals surface area contributed by atoms with E-state index in [1.54, 1.807) is 4.31 Å². The van der Waals surface area contributed by atoms with Crippen molar-refractivity contribution < 1.29 is 8.42 Å². The lowest BCUT2D eigenvalue weighted by Crippen LogP contribution is -2.40. The Hall–Kier alpha value is -0.130. The number of hydrogen-bond acceptors (Lipinski definition) is 2. The lowest BCUT2D eigenvalue weighted by molar-refractivity contribution is 0.360. The van der Waals surface area contributed by atoms with Crippen molar-refractivity contribution in [1.82, 2.24) is 9.03 Å². The van der Waals surface area contributed by atoms with Crippen molar-refractivity contribution in [2.24, 2.45) is 0 Å². The molecule has 0 aliphatic carbocycles. The summed E-state index contributed by atoms with van der Waals surface area (Å²) in [6.07, 6.45) is 5.51. The van der Waals surface area contributed by atoms with E-state index in [0.29, 0.717) is 13.1 Å². The van der Waals surface area contributed by atoms with Crippen molar-refractivity contribution in [3.8, 4) is 0 Å². The first-order valence-electron chi connectivity index (χ1n) is 4.85. The molecule has 1 fully saturated rings. The Morgan fingerprint density at radius 1 is 1.00 bits per heavy atom. The second kappa shape index (κ2) is 4.93. The largest absolute Gasteiger partial charge is 0.279 e. The van der Waals surface area contributed by atoms with Gasteiger partial charge in [0.05, 0.1) is 0 Å². The minimum atomic E-state index is -3.18. The van der Waals surface area contributed by atoms with Crippen LogP contribution in [0.15, 0.2) is 0 Å². The molecule has 13 heavy (non-hydrogen) atoms. The van der Waals surface area contributed by atoms with Gasteiger partial charge >= 0.3 is 0 Å². The van der Waals surface area contributed by atoms with Gasteiger partial charge in [-0.05, 0) is 12.8 Å². The molecule has 1 saturated heterocycles. The van der Waals surface area contributed by atoms with Crippen LogP contribution in [-0.4, -0.2) is 32.9 Å². The lowest BCUT2D eigenvalue weighted by atomic mass is 10.1. The van der Waals surface area contributed by atoms with Crippen LogP contribution < -0.4 is 4.72 Å². The number of nitrogens with one attached hydrogen (secondary N) is 1. The molecule has 5 heteroatoms. The average Bonchev–Trinajstić information content (AvgIpc) is 2.03. The second-order valence-corrected chi connectivity index (χ2v) is 5.25. The van der Waals surface area contributed by atoms with E-state index < -0.39 is 10.2 Å². The Bertz CT molecular complexity index is 231. The van der Waals surface area contributed by atoms with Gasteiger partial charge in [-0.15, -0.1) is 0 Å². The highest BCUT2D eigenvalue weighted by Gasteiger charge is 2.19. The fraction of sp³-hybridized carbons (Fsp3) is 1.00. The molecule has 0 saturated carbocycles. The van der Waals surface area contributed by atoms with Gasteiger partial charge in [-0.2, -0.15) is 12.7 Å². The van der Waals surface area contributed by atoms with Gasteiger partial charge in [0, 0.05) is 20.1 Å². The molecular formula is C8H18N2O2S. The van der Waals surface area contributed by atoms with Crippen molar-refractivity contribution in [2.45, 2.75) is 32.1 Å². The highest BCUT2D eigenvalue weighted by molar-refractivity contribution is 7.87. The van der Waals surface area contributed by atoms with E-state index >= 15 is 0 Å². The number of hydrogen-bond donors (Lipinski definition) is 1. The third-order valence-electron chi connectivity index (χ3n) is 2.41. The molecule has 0 amide bonds. The van der Waals surface area contributed by atoms with Crippen LogP contribution in [0.2, 0.25) is 0 Å². The predicted octanol–water partition coefficient (Wildman–Crippen LogP) is 0.717. The minimum Gasteiger partial charge on any atom is -0.205 e. The third kappa shape index (κ3) is 3.25. The second-order valence-electron chi connectivity index (χ2n) is 3.38. The van der Waals surface area contributed by atoms with Crippen LogP contribution in [0, 0.1) is 0 Å². The van der Waals surface area contributed by atoms with Gasteiger partial charge in [0.2, 0.25) is 0 Å². The summed E-state index contributed by atoms with van der Waals surface area (Å²) in [5, 5.41) is 0. The maximum atomic E-state index is 11.4. The van der Waals surface area contributed by atoms with Crippen LogP contribution >= 0.6 is 0 Å². The monoisotopic (exact) mass is 206 g/mol. The predicted molar refractivity (Wildman–Crippen MR) is 52.6 cm³/mol. The summed E-state index contributed by atoms with van der Waals surface area (Å²) in [5.74, 6) is 0. The molecule has 1 N–H and O–H groups in total. The summed E-state index contributed by atoms with van der Waals surface area (Å²) < 4.78 is 26.8. The number of rotatable bonds is 2. The molecular weight excluding hydrogens is 188 g/mol. The van der Waals surface area contributed by atoms with Crippen LogP contribution in [-0.2, 0) is 10.2 Å². The Kier molecular flexibility index (Phi) is 4.15. The minimum absolute atomic E-state index is 0.670. The van der Waals surface area contributed by atoms with E-state index in [-0.39, 0.29) is 0 Å². The molecule has 78 valence electrons. The van der Waals surface area contributed by atoms with Crippen LogP contribution in [0.1, 0.15) is 32.1 Å². The zero-order chi connectivity index (χ0) is 9.73. The van der Waals surface area contributed by atoms with Crippen LogP contribution in [0.25, 0.3) is 0 Å². The van der Waals surface area contributed by atoms with E-state index in [4.69, 9.17) is 0 Å². The van der Waals surface area contributed by atoms with Gasteiger partial charge in [0.15, 0.2) is 0 Å². The Labute approximate surface area is 80.5 Å². The first kappa shape index (κ1) is 10.9. The summed E-state index contributed by atoms with van der Waals surface area (Å²) in [6, 6.07) is 0. The highest BCUT2D eigenvalue weighted by atomic mass is 32.2. The summed E-state index contributed by atoms with van der Waals surface area (Å²) in [6.45, 7) is 1.34. The van der Waals surface area contributed by atoms with Gasteiger partial charge in [0.1, 0.15) is 0 Å². The molecule has 1 heterocycles. The first-order chi connectivity index (χ1) is 6.17. The van der Waals surface area contributed by atoms with Gasteiger partial charge in [-0.1, -0.05) is 19.3 Å². The topological polar surface area (TPSA) is 49.4 Å².